The number of benzene rings is 1. The molecule has 0 bridgehead atoms. The number of amides is 1. The molecule has 0 aliphatic rings. The molecule has 23 heavy (non-hydrogen) atoms. The fourth-order valence-electron chi connectivity index (χ4n) is 2.19. The van der Waals surface area contributed by atoms with Gasteiger partial charge in [0, 0.05) is 6.20 Å². The Bertz CT molecular complexity index is 841. The first-order valence-corrected chi connectivity index (χ1v) is 7.39. The molecule has 0 radical (unpaired) electrons. The van der Waals surface area contributed by atoms with Crippen LogP contribution in [0.2, 0.25) is 0 Å². The highest BCUT2D eigenvalue weighted by Gasteiger charge is 2.08. The Kier molecular flexibility index (Phi) is 4.23. The number of pyridine rings is 1. The van der Waals surface area contributed by atoms with E-state index in [2.05, 4.69) is 15.5 Å². The number of carbonyl (C=O) groups is 1. The van der Waals surface area contributed by atoms with E-state index in [-0.39, 0.29) is 12.5 Å². The molecule has 1 amide bonds. The Labute approximate surface area is 134 Å². The summed E-state index contributed by atoms with van der Waals surface area (Å²) in [7, 11) is 0. The summed E-state index contributed by atoms with van der Waals surface area (Å²) in [5.74, 6) is 1.17. The molecule has 6 nitrogen and oxygen atoms in total. The molecule has 6 heteroatoms. The molecule has 3 rings (SSSR count). The predicted octanol–water partition coefficient (Wildman–Crippen LogP) is 2.04. The number of ether oxygens (including phenoxy) is 1. The zero-order valence-electron chi connectivity index (χ0n) is 13.1. The highest BCUT2D eigenvalue weighted by molar-refractivity contribution is 5.77. The molecule has 0 saturated heterocycles. The van der Waals surface area contributed by atoms with Crippen LogP contribution in [0.5, 0.6) is 5.75 Å². The van der Waals surface area contributed by atoms with Crippen molar-refractivity contribution in [1.29, 1.82) is 0 Å². The first-order valence-electron chi connectivity index (χ1n) is 7.39. The maximum atomic E-state index is 11.9. The van der Waals surface area contributed by atoms with Crippen LogP contribution in [0.1, 0.15) is 17.0 Å². The van der Waals surface area contributed by atoms with E-state index in [0.717, 1.165) is 11.2 Å². The molecule has 0 spiro atoms. The number of aryl methyl sites for hydroxylation is 2. The second kappa shape index (κ2) is 6.48. The molecule has 0 aliphatic heterocycles. The number of aromatic nitrogens is 3. The molecule has 1 aromatic carbocycles. The van der Waals surface area contributed by atoms with E-state index in [1.54, 1.807) is 0 Å². The third-order valence-corrected chi connectivity index (χ3v) is 3.68. The summed E-state index contributed by atoms with van der Waals surface area (Å²) < 4.78 is 7.34. The van der Waals surface area contributed by atoms with E-state index in [4.69, 9.17) is 4.74 Å². The first-order chi connectivity index (χ1) is 11.1. The van der Waals surface area contributed by atoms with Gasteiger partial charge in [0.1, 0.15) is 5.75 Å². The van der Waals surface area contributed by atoms with Crippen LogP contribution in [0.4, 0.5) is 0 Å². The molecule has 1 N–H and O–H groups in total. The highest BCUT2D eigenvalue weighted by Crippen LogP contribution is 2.16. The zero-order valence-corrected chi connectivity index (χ0v) is 13.1. The smallest absolute Gasteiger partial charge is 0.258 e. The normalized spacial score (nSPS) is 10.7. The van der Waals surface area contributed by atoms with Crippen molar-refractivity contribution in [3.8, 4) is 5.75 Å². The van der Waals surface area contributed by atoms with Gasteiger partial charge in [-0.25, -0.2) is 0 Å². The molecular weight excluding hydrogens is 292 g/mol. The highest BCUT2D eigenvalue weighted by atomic mass is 16.5. The Morgan fingerprint density at radius 2 is 2.04 bits per heavy atom. The van der Waals surface area contributed by atoms with Gasteiger partial charge in [0.2, 0.25) is 0 Å². The van der Waals surface area contributed by atoms with Gasteiger partial charge in [-0.05, 0) is 49.2 Å². The van der Waals surface area contributed by atoms with Crippen LogP contribution in [-0.2, 0) is 11.3 Å². The number of rotatable bonds is 5. The summed E-state index contributed by atoms with van der Waals surface area (Å²) in [4.78, 5) is 11.9. The minimum atomic E-state index is -0.198. The number of carbonyl (C=O) groups excluding carboxylic acids is 1. The maximum absolute atomic E-state index is 11.9. The fraction of sp³-hybridized carbons (Fsp3) is 0.235. The number of nitrogens with one attached hydrogen (secondary N) is 1. The molecule has 2 aromatic heterocycles. The Morgan fingerprint density at radius 3 is 2.87 bits per heavy atom. The van der Waals surface area contributed by atoms with E-state index in [1.807, 2.05) is 60.8 Å². The minimum absolute atomic E-state index is 0.0285. The van der Waals surface area contributed by atoms with Gasteiger partial charge in [0.05, 0.1) is 6.54 Å². The molecule has 0 aliphatic carbocycles. The molecule has 0 unspecified atom stereocenters. The van der Waals surface area contributed by atoms with Crippen molar-refractivity contribution in [1.82, 2.24) is 19.9 Å². The molecule has 118 valence electrons. The van der Waals surface area contributed by atoms with Crippen LogP contribution in [0, 0.1) is 13.8 Å². The van der Waals surface area contributed by atoms with Gasteiger partial charge in [0.25, 0.3) is 5.91 Å². The average molecular weight is 310 g/mol. The molecule has 0 fully saturated rings. The van der Waals surface area contributed by atoms with Crippen molar-refractivity contribution in [2.45, 2.75) is 20.4 Å². The van der Waals surface area contributed by atoms with Crippen molar-refractivity contribution < 1.29 is 9.53 Å². The van der Waals surface area contributed by atoms with E-state index >= 15 is 0 Å². The lowest BCUT2D eigenvalue weighted by Gasteiger charge is -2.08. The van der Waals surface area contributed by atoms with Crippen LogP contribution < -0.4 is 10.1 Å². The Hall–Kier alpha value is -2.89. The maximum Gasteiger partial charge on any atom is 0.258 e. The van der Waals surface area contributed by atoms with Crippen LogP contribution >= 0.6 is 0 Å². The van der Waals surface area contributed by atoms with E-state index < -0.39 is 0 Å². The van der Waals surface area contributed by atoms with Crippen molar-refractivity contribution in [2.24, 2.45) is 0 Å². The Balaban J connectivity index is 1.54. The lowest BCUT2D eigenvalue weighted by Crippen LogP contribution is -2.29. The second-order valence-electron chi connectivity index (χ2n) is 5.36. The summed E-state index contributed by atoms with van der Waals surface area (Å²) >= 11 is 0. The zero-order chi connectivity index (χ0) is 16.2. The minimum Gasteiger partial charge on any atom is -0.484 e. The average Bonchev–Trinajstić information content (AvgIpc) is 2.97. The van der Waals surface area contributed by atoms with Gasteiger partial charge in [0.15, 0.2) is 18.1 Å². The van der Waals surface area contributed by atoms with Gasteiger partial charge in [-0.15, -0.1) is 10.2 Å². The summed E-state index contributed by atoms with van der Waals surface area (Å²) in [6.07, 6.45) is 1.86. The van der Waals surface area contributed by atoms with Crippen molar-refractivity contribution in [3.63, 3.8) is 0 Å². The summed E-state index contributed by atoms with van der Waals surface area (Å²) in [6, 6.07) is 11.4. The predicted molar refractivity (Wildman–Crippen MR) is 86.2 cm³/mol. The number of nitrogens with zero attached hydrogens (tertiary/aromatic N) is 3. The monoisotopic (exact) mass is 310 g/mol. The summed E-state index contributed by atoms with van der Waals surface area (Å²) in [5, 5.41) is 10.9. The quantitative estimate of drug-likeness (QED) is 0.783. The second-order valence-corrected chi connectivity index (χ2v) is 5.36. The number of fused-ring (bicyclic) bond motifs is 1. The van der Waals surface area contributed by atoms with Crippen LogP contribution in [-0.4, -0.2) is 27.1 Å². The molecule has 0 saturated carbocycles. The van der Waals surface area contributed by atoms with Crippen LogP contribution in [0.3, 0.4) is 0 Å². The largest absolute Gasteiger partial charge is 0.484 e. The number of hydrogen-bond acceptors (Lipinski definition) is 4. The summed E-state index contributed by atoms with van der Waals surface area (Å²) in [6.45, 7) is 4.33. The van der Waals surface area contributed by atoms with Crippen LogP contribution in [0.15, 0.2) is 42.6 Å². The molecular formula is C17H18N4O2. The summed E-state index contributed by atoms with van der Waals surface area (Å²) in [5.41, 5.74) is 3.08. The van der Waals surface area contributed by atoms with E-state index in [0.29, 0.717) is 18.1 Å². The lowest BCUT2D eigenvalue weighted by atomic mass is 10.1. The molecule has 2 heterocycles. The third-order valence-electron chi connectivity index (χ3n) is 3.68. The lowest BCUT2D eigenvalue weighted by molar-refractivity contribution is -0.123. The Morgan fingerprint density at radius 1 is 1.17 bits per heavy atom. The van der Waals surface area contributed by atoms with Crippen LogP contribution in [0.25, 0.3) is 5.65 Å². The first kappa shape index (κ1) is 15.0. The topological polar surface area (TPSA) is 68.5 Å². The fourth-order valence-corrected chi connectivity index (χ4v) is 2.19. The standard InChI is InChI=1S/C17H18N4O2/c1-12-6-7-14(9-13(12)2)23-11-17(22)18-10-16-20-19-15-5-3-4-8-21(15)16/h3-9H,10-11H2,1-2H3,(H,18,22). The molecule has 3 aromatic rings. The van der Waals surface area contributed by atoms with Gasteiger partial charge in [-0.3, -0.25) is 9.20 Å². The van der Waals surface area contributed by atoms with E-state index in [9.17, 15) is 4.79 Å². The third kappa shape index (κ3) is 3.48. The number of hydrogen-bond donors (Lipinski definition) is 1. The van der Waals surface area contributed by atoms with Crippen molar-refractivity contribution in [3.05, 3.63) is 59.5 Å². The van der Waals surface area contributed by atoms with Gasteiger partial charge >= 0.3 is 0 Å². The SMILES string of the molecule is Cc1ccc(OCC(=O)NCc2nnc3ccccn23)cc1C. The van der Waals surface area contributed by atoms with E-state index in [1.165, 1.54) is 5.56 Å². The van der Waals surface area contributed by atoms with Gasteiger partial charge < -0.3 is 10.1 Å². The van der Waals surface area contributed by atoms with Gasteiger partial charge in [-0.1, -0.05) is 12.1 Å². The van der Waals surface area contributed by atoms with Crippen molar-refractivity contribution >= 4 is 11.6 Å². The van der Waals surface area contributed by atoms with Gasteiger partial charge in [-0.2, -0.15) is 0 Å². The van der Waals surface area contributed by atoms with Crippen molar-refractivity contribution in [2.75, 3.05) is 6.61 Å². The molecule has 0 atom stereocenters.